The zero-order valence-electron chi connectivity index (χ0n) is 17.9. The number of nitrogens with one attached hydrogen (secondary N) is 1. The van der Waals surface area contributed by atoms with Crippen LogP contribution in [0.15, 0.2) is 54.6 Å². The average Bonchev–Trinajstić information content (AvgIpc) is 3.58. The van der Waals surface area contributed by atoms with Crippen LogP contribution in [0.2, 0.25) is 10.0 Å². The lowest BCUT2D eigenvalue weighted by Crippen LogP contribution is -2.22. The molecule has 2 heterocycles. The lowest BCUT2D eigenvalue weighted by molar-refractivity contribution is -0.384. The summed E-state index contributed by atoms with van der Waals surface area (Å²) in [7, 11) is 1.81. The number of anilines is 1. The maximum absolute atomic E-state index is 13.6. The lowest BCUT2D eigenvalue weighted by Gasteiger charge is -2.18. The number of halogens is 3. The third-order valence-corrected chi connectivity index (χ3v) is 6.39. The van der Waals surface area contributed by atoms with Crippen molar-refractivity contribution in [3.05, 3.63) is 80.6 Å². The van der Waals surface area contributed by atoms with Gasteiger partial charge < -0.3 is 9.88 Å². The topological polar surface area (TPSA) is 88.0 Å². The van der Waals surface area contributed by atoms with E-state index in [9.17, 15) is 14.5 Å². The maximum atomic E-state index is 13.6. The number of pyridine rings is 1. The summed E-state index contributed by atoms with van der Waals surface area (Å²) in [6, 6.07) is 14.3. The summed E-state index contributed by atoms with van der Waals surface area (Å²) in [6.45, 7) is 0. The molecule has 7 nitrogen and oxygen atoms in total. The van der Waals surface area contributed by atoms with Crippen LogP contribution in [0.25, 0.3) is 34.0 Å². The Balaban J connectivity index is 1.72. The molecule has 0 amide bonds. The van der Waals surface area contributed by atoms with E-state index in [4.69, 9.17) is 28.2 Å². The molecule has 172 valence electrons. The van der Waals surface area contributed by atoms with Gasteiger partial charge in [-0.15, -0.1) is 0 Å². The Kier molecular flexibility index (Phi) is 5.71. The van der Waals surface area contributed by atoms with Crippen molar-refractivity contribution in [3.8, 4) is 34.0 Å². The smallest absolute Gasteiger partial charge is 0.311 e. The van der Waals surface area contributed by atoms with Gasteiger partial charge in [0.05, 0.1) is 37.6 Å². The summed E-state index contributed by atoms with van der Waals surface area (Å²) >= 11 is 12.8. The number of aromatic nitrogens is 3. The van der Waals surface area contributed by atoms with E-state index in [0.29, 0.717) is 44.1 Å². The zero-order valence-corrected chi connectivity index (χ0v) is 19.4. The highest BCUT2D eigenvalue weighted by molar-refractivity contribution is 6.39. The fraction of sp³-hybridized carbons (Fsp3) is 0.167. The van der Waals surface area contributed by atoms with Crippen molar-refractivity contribution in [2.75, 3.05) is 11.9 Å². The van der Waals surface area contributed by atoms with Crippen molar-refractivity contribution in [1.29, 1.82) is 0 Å². The minimum absolute atomic E-state index is 0.0737. The number of aromatic amines is 1. The molecule has 4 aromatic rings. The number of hydrogen-bond acceptors (Lipinski definition) is 5. The summed E-state index contributed by atoms with van der Waals surface area (Å²) in [4.78, 5) is 25.7. The first-order valence-electron chi connectivity index (χ1n) is 10.5. The Morgan fingerprint density at radius 3 is 2.35 bits per heavy atom. The highest BCUT2D eigenvalue weighted by Gasteiger charge is 2.32. The van der Waals surface area contributed by atoms with Gasteiger partial charge in [0.25, 0.3) is 0 Å². The summed E-state index contributed by atoms with van der Waals surface area (Å²) in [6.07, 6.45) is 1.92. The zero-order chi connectivity index (χ0) is 24.0. The molecule has 0 unspecified atom stereocenters. The molecular formula is C24H18Cl2FN5O2. The van der Waals surface area contributed by atoms with Gasteiger partial charge in [-0.3, -0.25) is 10.1 Å². The van der Waals surface area contributed by atoms with Gasteiger partial charge in [0.2, 0.25) is 5.82 Å². The highest BCUT2D eigenvalue weighted by atomic mass is 35.5. The minimum Gasteiger partial charge on any atom is -0.351 e. The van der Waals surface area contributed by atoms with E-state index in [1.54, 1.807) is 43.4 Å². The van der Waals surface area contributed by atoms with Crippen molar-refractivity contribution < 1.29 is 9.31 Å². The van der Waals surface area contributed by atoms with Crippen LogP contribution >= 0.6 is 23.2 Å². The second-order valence-corrected chi connectivity index (χ2v) is 8.87. The molecule has 1 fully saturated rings. The Morgan fingerprint density at radius 2 is 1.74 bits per heavy atom. The fourth-order valence-electron chi connectivity index (χ4n) is 3.83. The molecule has 5 rings (SSSR count). The van der Waals surface area contributed by atoms with Gasteiger partial charge in [0, 0.05) is 24.7 Å². The van der Waals surface area contributed by atoms with E-state index in [1.165, 1.54) is 18.2 Å². The number of nitro groups is 1. The molecule has 2 aromatic heterocycles. The first-order valence-corrected chi connectivity index (χ1v) is 11.3. The monoisotopic (exact) mass is 497 g/mol. The standard InChI is InChI=1S/C24H18Cl2FN5O2/c1-31(15-9-10-15)24-19(32(33)34)12-11-18(28-24)22-21(13-5-7-14(27)8-6-13)29-23(30-22)20-16(25)3-2-4-17(20)26/h2-8,11-12,15H,9-10H2,1H3,(H,29,30). The molecule has 1 aliphatic rings. The normalized spacial score (nSPS) is 13.2. The van der Waals surface area contributed by atoms with Crippen LogP contribution in [0.1, 0.15) is 12.8 Å². The molecule has 0 aliphatic heterocycles. The van der Waals surface area contributed by atoms with Crippen LogP contribution in [-0.2, 0) is 0 Å². The number of H-pyrrole nitrogens is 1. The molecule has 34 heavy (non-hydrogen) atoms. The second-order valence-electron chi connectivity index (χ2n) is 8.05. The number of nitrogens with zero attached hydrogens (tertiary/aromatic N) is 4. The molecule has 0 atom stereocenters. The lowest BCUT2D eigenvalue weighted by atomic mass is 10.1. The van der Waals surface area contributed by atoms with Crippen molar-refractivity contribution >= 4 is 34.7 Å². The van der Waals surface area contributed by atoms with Crippen molar-refractivity contribution in [2.24, 2.45) is 0 Å². The third kappa shape index (κ3) is 4.10. The third-order valence-electron chi connectivity index (χ3n) is 5.76. The van der Waals surface area contributed by atoms with E-state index in [-0.39, 0.29) is 23.4 Å². The summed E-state index contributed by atoms with van der Waals surface area (Å²) in [5, 5.41) is 12.5. The van der Waals surface area contributed by atoms with E-state index < -0.39 is 4.92 Å². The summed E-state index contributed by atoms with van der Waals surface area (Å²) in [5.74, 6) is 0.307. The molecule has 10 heteroatoms. The maximum Gasteiger partial charge on any atom is 0.311 e. The predicted octanol–water partition coefficient (Wildman–Crippen LogP) is 6.76. The van der Waals surface area contributed by atoms with Crippen molar-refractivity contribution in [3.63, 3.8) is 0 Å². The summed E-state index contributed by atoms with van der Waals surface area (Å²) < 4.78 is 13.6. The second kappa shape index (κ2) is 8.70. The first-order chi connectivity index (χ1) is 16.3. The average molecular weight is 498 g/mol. The number of hydrogen-bond donors (Lipinski definition) is 1. The highest BCUT2D eigenvalue weighted by Crippen LogP contribution is 2.40. The van der Waals surface area contributed by atoms with Crippen LogP contribution < -0.4 is 4.90 Å². The van der Waals surface area contributed by atoms with Gasteiger partial charge in [-0.05, 0) is 55.3 Å². The molecule has 1 aliphatic carbocycles. The van der Waals surface area contributed by atoms with Crippen LogP contribution in [0.5, 0.6) is 0 Å². The quantitative estimate of drug-likeness (QED) is 0.235. The number of imidazole rings is 1. The fourth-order valence-corrected chi connectivity index (χ4v) is 4.41. The van der Waals surface area contributed by atoms with Gasteiger partial charge in [-0.1, -0.05) is 29.3 Å². The van der Waals surface area contributed by atoms with E-state index in [0.717, 1.165) is 12.8 Å². The van der Waals surface area contributed by atoms with Crippen LogP contribution in [0.4, 0.5) is 15.9 Å². The Labute approximate surface area is 204 Å². The SMILES string of the molecule is CN(c1nc(-c2[nH]c(-c3c(Cl)cccc3Cl)nc2-c2ccc(F)cc2)ccc1[N+](=O)[O-])C1CC1. The molecule has 2 aromatic carbocycles. The molecule has 0 radical (unpaired) electrons. The largest absolute Gasteiger partial charge is 0.351 e. The number of rotatable bonds is 6. The molecule has 1 N–H and O–H groups in total. The van der Waals surface area contributed by atoms with Gasteiger partial charge in [0.15, 0.2) is 0 Å². The van der Waals surface area contributed by atoms with E-state index in [2.05, 4.69) is 9.97 Å². The Morgan fingerprint density at radius 1 is 1.06 bits per heavy atom. The molecule has 1 saturated carbocycles. The Bertz CT molecular complexity index is 1380. The van der Waals surface area contributed by atoms with E-state index >= 15 is 0 Å². The number of benzene rings is 2. The Hall–Kier alpha value is -3.49. The van der Waals surface area contributed by atoms with Gasteiger partial charge in [0.1, 0.15) is 11.6 Å². The van der Waals surface area contributed by atoms with Gasteiger partial charge in [-0.2, -0.15) is 0 Å². The van der Waals surface area contributed by atoms with Gasteiger partial charge in [-0.25, -0.2) is 14.4 Å². The minimum atomic E-state index is -0.437. The van der Waals surface area contributed by atoms with Gasteiger partial charge >= 0.3 is 5.69 Å². The summed E-state index contributed by atoms with van der Waals surface area (Å²) in [5.41, 5.74) is 2.53. The van der Waals surface area contributed by atoms with Crippen molar-refractivity contribution in [1.82, 2.24) is 15.0 Å². The molecule has 0 spiro atoms. The van der Waals surface area contributed by atoms with Crippen LogP contribution in [-0.4, -0.2) is 33.0 Å². The molecule has 0 bridgehead atoms. The first kappa shape index (κ1) is 22.3. The van der Waals surface area contributed by atoms with Crippen LogP contribution in [0.3, 0.4) is 0 Å². The molecule has 0 saturated heterocycles. The predicted molar refractivity (Wildman–Crippen MR) is 131 cm³/mol. The molecular weight excluding hydrogens is 480 g/mol. The van der Waals surface area contributed by atoms with E-state index in [1.807, 2.05) is 4.90 Å². The van der Waals surface area contributed by atoms with Crippen molar-refractivity contribution in [2.45, 2.75) is 18.9 Å². The van der Waals surface area contributed by atoms with Crippen LogP contribution in [0, 0.1) is 15.9 Å².